The van der Waals surface area contributed by atoms with Gasteiger partial charge in [0.05, 0.1) is 0 Å². The number of halogens is 26. The molecule has 0 radical (unpaired) electrons. The van der Waals surface area contributed by atoms with E-state index in [0.717, 1.165) is 110 Å². The van der Waals surface area contributed by atoms with Gasteiger partial charge in [0.2, 0.25) is 0 Å². The van der Waals surface area contributed by atoms with Crippen LogP contribution in [-0.4, -0.2) is 224 Å². The van der Waals surface area contributed by atoms with Crippen LogP contribution in [0.2, 0.25) is 161 Å². The summed E-state index contributed by atoms with van der Waals surface area (Å²) in [7, 11) is 0. The molecule has 0 aromatic heterocycles. The maximum atomic E-state index is 14.0. The molecule has 0 unspecified atom stereocenters. The van der Waals surface area contributed by atoms with Crippen molar-refractivity contribution in [2.45, 2.75) is 244 Å². The first-order valence-corrected chi connectivity index (χ1v) is 150. The van der Waals surface area contributed by atoms with Gasteiger partial charge in [-0.25, -0.2) is 0 Å². The average molecular weight is 3160 g/mol. The molecule has 0 heterocycles. The molecular formula is C58H136Bi4F26Sb4Te4. The predicted octanol–water partition coefficient (Wildman–Crippen LogP) is 32.1. The Balaban J connectivity index is -0.000000107. The van der Waals surface area contributed by atoms with E-state index in [0.29, 0.717) is 51.5 Å². The average Bonchev–Trinajstić information content (AvgIpc) is 2.88. The van der Waals surface area contributed by atoms with Crippen molar-refractivity contribution in [3.8, 4) is 0 Å². The first-order valence-electron chi connectivity index (χ1n) is 28.3. The van der Waals surface area contributed by atoms with Crippen LogP contribution in [-0.2, 0) is 0 Å². The van der Waals surface area contributed by atoms with Gasteiger partial charge in [-0.2, -0.15) is 0 Å². The van der Waals surface area contributed by atoms with E-state index in [1.54, 1.807) is 84.2 Å². The van der Waals surface area contributed by atoms with E-state index in [2.05, 4.69) is 0 Å². The number of hydrogen-bond acceptors (Lipinski definition) is 0. The third kappa shape index (κ3) is 162. The molecule has 0 aliphatic heterocycles. The van der Waals surface area contributed by atoms with Crippen molar-refractivity contribution in [3.05, 3.63) is 57.6 Å². The summed E-state index contributed by atoms with van der Waals surface area (Å²) in [5.74, 6) is 0. The van der Waals surface area contributed by atoms with Gasteiger partial charge >= 0.3 is 606 Å². The van der Waals surface area contributed by atoms with Crippen molar-refractivity contribution in [2.24, 2.45) is 0 Å². The molecule has 0 bridgehead atoms. The molecule has 0 spiro atoms. The molecule has 0 nitrogen and oxygen atoms in total. The maximum absolute atomic E-state index is 14.0. The first kappa shape index (κ1) is 123. The fourth-order valence-electron chi connectivity index (χ4n) is 4.29. The monoisotopic (exact) mass is 3170 g/mol. The third-order valence-corrected chi connectivity index (χ3v) is 46.2. The normalized spacial score (nSPS) is 18.5. The molecule has 0 amide bonds. The summed E-state index contributed by atoms with van der Waals surface area (Å²) in [5.41, 5.74) is 5.12. The van der Waals surface area contributed by atoms with Gasteiger partial charge in [0.25, 0.3) is 0 Å². The van der Waals surface area contributed by atoms with E-state index in [4.69, 9.17) is 0 Å². The van der Waals surface area contributed by atoms with Crippen molar-refractivity contribution < 1.29 is 72.4 Å². The molecule has 0 N–H and O–H groups in total. The summed E-state index contributed by atoms with van der Waals surface area (Å²) < 4.78 is 333. The molecule has 614 valence electrons. The summed E-state index contributed by atoms with van der Waals surface area (Å²) >= 11 is -62.7. The van der Waals surface area contributed by atoms with E-state index in [-0.39, 0.29) is 0 Å². The molecule has 2 rings (SSSR count). The minimum atomic E-state index is -6.68. The van der Waals surface area contributed by atoms with Crippen molar-refractivity contribution in [3.63, 3.8) is 0 Å². The first-order chi connectivity index (χ1) is 37.5. The molecule has 96 heavy (non-hydrogen) atoms. The second-order valence-electron chi connectivity index (χ2n) is 36.8. The van der Waals surface area contributed by atoms with Crippen LogP contribution in [0.25, 0.3) is 0 Å². The van der Waals surface area contributed by atoms with Crippen molar-refractivity contribution in [1.29, 1.82) is 0 Å². The van der Waals surface area contributed by atoms with Gasteiger partial charge in [-0.1, -0.05) is 0 Å². The molecular weight excluding hydrogens is 3020 g/mol. The Bertz CT molecular complexity index is 2390. The summed E-state index contributed by atoms with van der Waals surface area (Å²) in [6, 6.07) is 7.39. The van der Waals surface area contributed by atoms with Gasteiger partial charge in [0.15, 0.2) is 0 Å². The zero-order chi connectivity index (χ0) is 83.7. The van der Waals surface area contributed by atoms with E-state index in [1.807, 2.05) is 38.1 Å². The molecule has 0 fully saturated rings. The van der Waals surface area contributed by atoms with Crippen molar-refractivity contribution >= 4 is 231 Å². The molecule has 0 atom stereocenters. The fraction of sp³-hybridized carbons (Fsp3) is 0.793. The predicted molar refractivity (Wildman–Crippen MR) is 406 cm³/mol. The quantitative estimate of drug-likeness (QED) is 0.208. The number of rotatable bonds is 2. The number of aryl methyl sites for hydroxylation is 6. The van der Waals surface area contributed by atoms with Crippen molar-refractivity contribution in [1.82, 2.24) is 0 Å². The summed E-state index contributed by atoms with van der Waals surface area (Å²) in [4.78, 5) is 20.0. The molecule has 0 aliphatic rings. The molecule has 2 aromatic rings. The van der Waals surface area contributed by atoms with Crippen LogP contribution in [0.5, 0.6) is 0 Å². The van der Waals surface area contributed by atoms with E-state index >= 15 is 0 Å². The molecule has 0 aliphatic carbocycles. The van der Waals surface area contributed by atoms with Gasteiger partial charge in [0, 0.05) is 0 Å². The minimum absolute atomic E-state index is 0.350. The summed E-state index contributed by atoms with van der Waals surface area (Å²) in [5, 5.41) is 0. The zero-order valence-electron chi connectivity index (χ0n) is 66.3. The molecule has 0 saturated carbocycles. The van der Waals surface area contributed by atoms with E-state index < -0.39 is 231 Å². The Labute approximate surface area is 594 Å². The number of benzene rings is 2. The topological polar surface area (TPSA) is 0 Å². The second kappa shape index (κ2) is 32.6. The standard InChI is InChI=1S/2C9H11.2C4H9.3C3H9F3Te.C3H9FTe.20CH3.4Bi.16FH.4Sb/c2*1-7-4-8(2)6-9(3)5-7;2*1-4(2)3;3*1-7(2,3,4,5)6;1-5(2,3)4;;;;;;;;;;;;;;;;;;;;;;;;;;;;;;;;;;;;;;;;;;;;/h2*4-5H,1-3H3;2*1-3H3;3*1-3H3;1-3H3;20*1H3;;;;;16*1H;;;;/q;;;;;;;;;;;;;;;;;;;;;;;;;;;;4*+2;;;;;;;;;;;;;;;;;4*+2/p-16. The second-order valence-corrected chi connectivity index (χ2v) is 220. The van der Waals surface area contributed by atoms with Gasteiger partial charge in [-0.05, 0) is 0 Å². The van der Waals surface area contributed by atoms with Gasteiger partial charge in [-0.15, -0.1) is 0 Å². The molecule has 38 heteroatoms. The molecule has 0 saturated heterocycles. The number of hydrogen-bond donors (Lipinski definition) is 0. The van der Waals surface area contributed by atoms with E-state index in [1.165, 1.54) is 18.5 Å². The summed E-state index contributed by atoms with van der Waals surface area (Å²) in [6.07, 6.45) is 0. The van der Waals surface area contributed by atoms with Crippen LogP contribution in [0.1, 0.15) is 74.9 Å². The van der Waals surface area contributed by atoms with Gasteiger partial charge in [-0.3, -0.25) is 0 Å². The van der Waals surface area contributed by atoms with Crippen LogP contribution < -0.4 is 6.78 Å². The third-order valence-electron chi connectivity index (χ3n) is 8.20. The fourth-order valence-corrected chi connectivity index (χ4v) is 18.3. The van der Waals surface area contributed by atoms with Gasteiger partial charge < -0.3 is 0 Å². The van der Waals surface area contributed by atoms with Crippen LogP contribution in [0.4, 0.5) is 72.4 Å². The van der Waals surface area contributed by atoms with Crippen LogP contribution in [0.3, 0.4) is 0 Å². The molecule has 2 aromatic carbocycles. The van der Waals surface area contributed by atoms with Crippen LogP contribution in [0.15, 0.2) is 24.3 Å². The summed E-state index contributed by atoms with van der Waals surface area (Å²) in [6.45, 7) is 20.8. The van der Waals surface area contributed by atoms with Gasteiger partial charge in [0.1, 0.15) is 0 Å². The Morgan fingerprint density at radius 2 is 0.458 bits per heavy atom. The zero-order valence-corrected chi connectivity index (χ0v) is 99.8. The van der Waals surface area contributed by atoms with Crippen molar-refractivity contribution in [2.75, 3.05) is 0 Å². The Hall–Kier alpha value is 6.58. The SMILES string of the molecule is C[C](C)(C)[Bi]([CH3])([CH3])([F])[F].C[C](C)(C)[Sb]([CH3])([CH3])([F])[F].C[Te](C)(C)(F)(F)F.C[Te](C)(C)(F)(F)F.C[Te](C)(C)(F)(F)F.C[Te](C)(C)F.Cc1cc(C)[c]([Bi]([CH3])([CH3])([F])[F])c(C)c1.Cc1cc(C)[c]([Sb]([CH3])([CH3])([F])[F])c(C)c1.[CH3][Bi]([CH3])([CH3])([F])[F].[CH3][Bi]([CH3])([CH3])([F])[F].[CH3][Sb]([CH3])([CH3])([F])[F].[CH3][Sb]([CH3])([CH3])([F])[F]. The van der Waals surface area contributed by atoms with Crippen LogP contribution in [0, 0.1) is 41.5 Å². The van der Waals surface area contributed by atoms with E-state index in [9.17, 15) is 72.4 Å². The Kier molecular flexibility index (Phi) is 41.9. The Morgan fingerprint density at radius 1 is 0.354 bits per heavy atom. The Morgan fingerprint density at radius 3 is 0.531 bits per heavy atom. The van der Waals surface area contributed by atoms with Crippen LogP contribution >= 0.6 is 0 Å².